The van der Waals surface area contributed by atoms with E-state index < -0.39 is 0 Å². The summed E-state index contributed by atoms with van der Waals surface area (Å²) in [6, 6.07) is 27.0. The van der Waals surface area contributed by atoms with E-state index >= 15 is 0 Å². The molecule has 1 N–H and O–H groups in total. The summed E-state index contributed by atoms with van der Waals surface area (Å²) < 4.78 is 7.79. The number of aryl methyl sites for hydroxylation is 1. The van der Waals surface area contributed by atoms with Crippen LogP contribution >= 0.6 is 0 Å². The molecule has 5 aromatic rings. The van der Waals surface area contributed by atoms with Gasteiger partial charge in [0.25, 0.3) is 5.91 Å². The number of amides is 1. The van der Waals surface area contributed by atoms with E-state index in [0.717, 1.165) is 33.3 Å². The first kappa shape index (κ1) is 17.9. The summed E-state index contributed by atoms with van der Waals surface area (Å²) in [5.74, 6) is 1.32. The highest BCUT2D eigenvalue weighted by Crippen LogP contribution is 2.28. The minimum absolute atomic E-state index is 0.184. The van der Waals surface area contributed by atoms with Crippen molar-refractivity contribution in [3.8, 4) is 11.5 Å². The van der Waals surface area contributed by atoms with Crippen molar-refractivity contribution in [3.63, 3.8) is 0 Å². The number of nitrogens with one attached hydrogen (secondary N) is 1. The van der Waals surface area contributed by atoms with Crippen molar-refractivity contribution in [3.05, 3.63) is 96.8 Å². The number of carbonyl (C=O) groups excluding carboxylic acids is 1. The zero-order chi connectivity index (χ0) is 20.5. The van der Waals surface area contributed by atoms with E-state index in [2.05, 4.69) is 10.3 Å². The Morgan fingerprint density at radius 1 is 0.867 bits per heavy atom. The number of pyridine rings is 1. The van der Waals surface area contributed by atoms with Crippen LogP contribution in [-0.2, 0) is 7.05 Å². The van der Waals surface area contributed by atoms with Crippen molar-refractivity contribution in [1.82, 2.24) is 9.55 Å². The van der Waals surface area contributed by atoms with Crippen LogP contribution in [0.15, 0.2) is 91.1 Å². The van der Waals surface area contributed by atoms with Crippen LogP contribution in [0.5, 0.6) is 11.5 Å². The van der Waals surface area contributed by atoms with E-state index in [9.17, 15) is 4.79 Å². The number of anilines is 1. The van der Waals surface area contributed by atoms with Gasteiger partial charge in [0.05, 0.1) is 17.4 Å². The van der Waals surface area contributed by atoms with Crippen LogP contribution in [0.25, 0.3) is 21.8 Å². The molecule has 0 saturated heterocycles. The van der Waals surface area contributed by atoms with Gasteiger partial charge in [0.15, 0.2) is 0 Å². The highest BCUT2D eigenvalue weighted by Gasteiger charge is 2.15. The number of para-hydroxylation sites is 2. The Labute approximate surface area is 173 Å². The normalized spacial score (nSPS) is 11.0. The maximum atomic E-state index is 12.9. The summed E-state index contributed by atoms with van der Waals surface area (Å²) in [5.41, 5.74) is 3.08. The van der Waals surface area contributed by atoms with Crippen LogP contribution < -0.4 is 10.1 Å². The standard InChI is InChI=1S/C25H19N3O2/c1-28-23-12-11-21(30-20-8-3-2-4-9-20)14-18(23)15-24(28)25(29)27-19-13-17-7-5-6-10-22(17)26-16-19/h2-16H,1H3,(H,27,29). The van der Waals surface area contributed by atoms with E-state index in [-0.39, 0.29) is 5.91 Å². The van der Waals surface area contributed by atoms with Crippen molar-refractivity contribution in [1.29, 1.82) is 0 Å². The monoisotopic (exact) mass is 393 g/mol. The quantitative estimate of drug-likeness (QED) is 0.422. The summed E-state index contributed by atoms with van der Waals surface area (Å²) in [6.45, 7) is 0. The van der Waals surface area contributed by atoms with Gasteiger partial charge in [-0.2, -0.15) is 0 Å². The van der Waals surface area contributed by atoms with Gasteiger partial charge >= 0.3 is 0 Å². The maximum Gasteiger partial charge on any atom is 0.272 e. The molecule has 5 heteroatoms. The third-order valence-corrected chi connectivity index (χ3v) is 5.07. The summed E-state index contributed by atoms with van der Waals surface area (Å²) >= 11 is 0. The molecule has 5 rings (SSSR count). The Morgan fingerprint density at radius 3 is 2.53 bits per heavy atom. The number of benzene rings is 3. The molecular weight excluding hydrogens is 374 g/mol. The Kier molecular flexibility index (Phi) is 4.41. The third-order valence-electron chi connectivity index (χ3n) is 5.07. The Balaban J connectivity index is 1.42. The molecule has 1 amide bonds. The Hall–Kier alpha value is -4.12. The van der Waals surface area contributed by atoms with Crippen LogP contribution in [0.3, 0.4) is 0 Å². The number of nitrogens with zero attached hydrogens (tertiary/aromatic N) is 2. The molecule has 0 spiro atoms. The fourth-order valence-electron chi connectivity index (χ4n) is 3.57. The van der Waals surface area contributed by atoms with Crippen LogP contribution in [0.2, 0.25) is 0 Å². The number of rotatable bonds is 4. The van der Waals surface area contributed by atoms with Crippen LogP contribution in [0.4, 0.5) is 5.69 Å². The van der Waals surface area contributed by atoms with Gasteiger partial charge in [-0.25, -0.2) is 0 Å². The Bertz CT molecular complexity index is 1370. The number of ether oxygens (including phenoxy) is 1. The van der Waals surface area contributed by atoms with Crippen LogP contribution in [-0.4, -0.2) is 15.5 Å². The van der Waals surface area contributed by atoms with Gasteiger partial charge in [0.2, 0.25) is 0 Å². The van der Waals surface area contributed by atoms with Crippen LogP contribution in [0.1, 0.15) is 10.5 Å². The van der Waals surface area contributed by atoms with E-state index in [0.29, 0.717) is 11.4 Å². The SMILES string of the molecule is Cn1c(C(=O)Nc2cnc3ccccc3c2)cc2cc(Oc3ccccc3)ccc21. The first-order valence-corrected chi connectivity index (χ1v) is 9.66. The third kappa shape index (κ3) is 3.37. The van der Waals surface area contributed by atoms with Gasteiger partial charge in [-0.15, -0.1) is 0 Å². The van der Waals surface area contributed by atoms with Gasteiger partial charge in [0.1, 0.15) is 17.2 Å². The molecule has 0 aliphatic heterocycles. The molecule has 30 heavy (non-hydrogen) atoms. The molecule has 0 aliphatic carbocycles. The lowest BCUT2D eigenvalue weighted by atomic mass is 10.2. The molecule has 0 atom stereocenters. The largest absolute Gasteiger partial charge is 0.457 e. The molecule has 0 unspecified atom stereocenters. The van der Waals surface area contributed by atoms with Gasteiger partial charge < -0.3 is 14.6 Å². The average molecular weight is 393 g/mol. The fourth-order valence-corrected chi connectivity index (χ4v) is 3.57. The van der Waals surface area contributed by atoms with E-state index in [1.54, 1.807) is 6.20 Å². The number of hydrogen-bond donors (Lipinski definition) is 1. The zero-order valence-corrected chi connectivity index (χ0v) is 16.4. The van der Waals surface area contributed by atoms with Crippen molar-refractivity contribution < 1.29 is 9.53 Å². The summed E-state index contributed by atoms with van der Waals surface area (Å²) in [5, 5.41) is 4.87. The Morgan fingerprint density at radius 2 is 1.67 bits per heavy atom. The van der Waals surface area contributed by atoms with Crippen molar-refractivity contribution in [2.24, 2.45) is 7.05 Å². The van der Waals surface area contributed by atoms with Crippen LogP contribution in [0, 0.1) is 0 Å². The summed E-state index contributed by atoms with van der Waals surface area (Å²) in [7, 11) is 1.88. The fraction of sp³-hybridized carbons (Fsp3) is 0.0400. The van der Waals surface area contributed by atoms with Gasteiger partial charge in [-0.05, 0) is 48.5 Å². The second kappa shape index (κ2) is 7.37. The zero-order valence-electron chi connectivity index (χ0n) is 16.4. The second-order valence-corrected chi connectivity index (χ2v) is 7.10. The van der Waals surface area contributed by atoms with Gasteiger partial charge in [-0.3, -0.25) is 9.78 Å². The number of fused-ring (bicyclic) bond motifs is 2. The summed E-state index contributed by atoms with van der Waals surface area (Å²) in [4.78, 5) is 17.3. The highest BCUT2D eigenvalue weighted by atomic mass is 16.5. The first-order valence-electron chi connectivity index (χ1n) is 9.66. The predicted octanol–water partition coefficient (Wildman–Crippen LogP) is 5.77. The van der Waals surface area contributed by atoms with Gasteiger partial charge in [0, 0.05) is 23.3 Å². The van der Waals surface area contributed by atoms with Crippen molar-refractivity contribution in [2.75, 3.05) is 5.32 Å². The van der Waals surface area contributed by atoms with Gasteiger partial charge in [-0.1, -0.05) is 36.4 Å². The molecule has 2 heterocycles. The minimum atomic E-state index is -0.184. The van der Waals surface area contributed by atoms with E-state index in [1.807, 2.05) is 96.5 Å². The average Bonchev–Trinajstić information content (AvgIpc) is 3.10. The molecule has 0 bridgehead atoms. The van der Waals surface area contributed by atoms with Crippen molar-refractivity contribution in [2.45, 2.75) is 0 Å². The molecule has 0 saturated carbocycles. The molecule has 0 radical (unpaired) electrons. The topological polar surface area (TPSA) is 56.2 Å². The van der Waals surface area contributed by atoms with E-state index in [4.69, 9.17) is 4.74 Å². The molecule has 0 fully saturated rings. The molecule has 5 nitrogen and oxygen atoms in total. The second-order valence-electron chi connectivity index (χ2n) is 7.10. The van der Waals surface area contributed by atoms with E-state index in [1.165, 1.54) is 0 Å². The maximum absolute atomic E-state index is 12.9. The lowest BCUT2D eigenvalue weighted by Gasteiger charge is -2.08. The highest BCUT2D eigenvalue weighted by molar-refractivity contribution is 6.07. The summed E-state index contributed by atoms with van der Waals surface area (Å²) in [6.07, 6.45) is 1.68. The predicted molar refractivity (Wildman–Crippen MR) is 119 cm³/mol. The molecule has 3 aromatic carbocycles. The minimum Gasteiger partial charge on any atom is -0.457 e. The lowest BCUT2D eigenvalue weighted by Crippen LogP contribution is -2.15. The number of carbonyl (C=O) groups is 1. The molecule has 0 aliphatic rings. The number of hydrogen-bond acceptors (Lipinski definition) is 3. The van der Waals surface area contributed by atoms with Crippen molar-refractivity contribution >= 4 is 33.4 Å². The first-order chi connectivity index (χ1) is 14.7. The molecule has 2 aromatic heterocycles. The smallest absolute Gasteiger partial charge is 0.272 e. The molecular formula is C25H19N3O2. The number of aromatic nitrogens is 2. The lowest BCUT2D eigenvalue weighted by molar-refractivity contribution is 0.101. The molecule has 146 valence electrons.